The van der Waals surface area contributed by atoms with Gasteiger partial charge in [-0.2, -0.15) is 12.8 Å². The number of methoxy groups -OCH3 is 1. The van der Waals surface area contributed by atoms with Crippen molar-refractivity contribution in [2.45, 2.75) is 4.90 Å². The molecule has 0 fully saturated rings. The van der Waals surface area contributed by atoms with E-state index in [-0.39, 0.29) is 26.6 Å². The Morgan fingerprint density at radius 1 is 1.30 bits per heavy atom. The Bertz CT molecular complexity index is 886. The molecule has 0 heterocycles. The van der Waals surface area contributed by atoms with Crippen molar-refractivity contribution >= 4 is 43.1 Å². The van der Waals surface area contributed by atoms with Gasteiger partial charge in [0, 0.05) is 6.07 Å². The van der Waals surface area contributed by atoms with E-state index in [9.17, 15) is 23.3 Å². The van der Waals surface area contributed by atoms with Crippen LogP contribution in [0.3, 0.4) is 0 Å². The van der Waals surface area contributed by atoms with Crippen molar-refractivity contribution in [2.24, 2.45) is 4.40 Å². The van der Waals surface area contributed by atoms with Crippen LogP contribution in [0.5, 0.6) is 5.75 Å². The summed E-state index contributed by atoms with van der Waals surface area (Å²) < 4.78 is 33.0. The van der Waals surface area contributed by atoms with Crippen LogP contribution in [0.25, 0.3) is 0 Å². The van der Waals surface area contributed by atoms with Gasteiger partial charge in [0.15, 0.2) is 11.5 Å². The molecule has 0 spiro atoms. The van der Waals surface area contributed by atoms with Crippen LogP contribution in [0.15, 0.2) is 50.2 Å². The maximum Gasteiger partial charge on any atom is 0.312 e. The Balaban J connectivity index is 2.49. The molecule has 1 aliphatic carbocycles. The maximum atomic E-state index is 12.2. The molecule has 0 atom stereocenters. The third kappa shape index (κ3) is 3.71. The standard InChI is InChI=1S/C13H9BrN2O6S/c1-22-13-5-3-9(7-11(13)16(18)19)23(20,21)15-8-2-4-12(17)10(14)6-8/h2-7H,1H3. The molecular formula is C13H9BrN2O6S. The van der Waals surface area contributed by atoms with E-state index in [0.717, 1.165) is 18.2 Å². The number of hydrogen-bond donors (Lipinski definition) is 0. The van der Waals surface area contributed by atoms with Crippen molar-refractivity contribution in [2.75, 3.05) is 7.11 Å². The molecule has 1 aromatic rings. The summed E-state index contributed by atoms with van der Waals surface area (Å²) in [5.41, 5.74) is -0.463. The lowest BCUT2D eigenvalue weighted by molar-refractivity contribution is -0.386. The number of benzene rings is 1. The first kappa shape index (κ1) is 17.0. The number of nitro groups is 1. The predicted molar refractivity (Wildman–Crippen MR) is 85.4 cm³/mol. The van der Waals surface area contributed by atoms with Gasteiger partial charge in [-0.3, -0.25) is 14.9 Å². The minimum atomic E-state index is -4.18. The fraction of sp³-hybridized carbons (Fsp3) is 0.0769. The van der Waals surface area contributed by atoms with Crippen LogP contribution in [0, 0.1) is 10.1 Å². The fourth-order valence-electron chi connectivity index (χ4n) is 1.71. The van der Waals surface area contributed by atoms with Gasteiger partial charge in [-0.05, 0) is 46.3 Å². The molecule has 0 saturated carbocycles. The minimum absolute atomic E-state index is 0.0231. The van der Waals surface area contributed by atoms with Crippen LogP contribution in [-0.2, 0) is 14.8 Å². The molecule has 1 aliphatic rings. The number of carbonyl (C=O) groups is 1. The molecule has 10 heteroatoms. The van der Waals surface area contributed by atoms with Crippen molar-refractivity contribution in [3.05, 3.63) is 51.0 Å². The van der Waals surface area contributed by atoms with Gasteiger partial charge in [0.1, 0.15) is 0 Å². The average Bonchev–Trinajstić information content (AvgIpc) is 2.50. The normalized spacial score (nSPS) is 16.3. The Labute approximate surface area is 139 Å². The van der Waals surface area contributed by atoms with E-state index >= 15 is 0 Å². The molecule has 0 amide bonds. The topological polar surface area (TPSA) is 116 Å². The Kier molecular flexibility index (Phi) is 4.76. The molecule has 0 aromatic heterocycles. The number of rotatable bonds is 4. The first-order valence-electron chi connectivity index (χ1n) is 6.01. The molecule has 2 rings (SSSR count). The zero-order valence-corrected chi connectivity index (χ0v) is 14.0. The number of ether oxygens (including phenoxy) is 1. The molecule has 0 aliphatic heterocycles. The van der Waals surface area contributed by atoms with Gasteiger partial charge in [-0.25, -0.2) is 0 Å². The lowest BCUT2D eigenvalue weighted by Gasteiger charge is -2.05. The smallest absolute Gasteiger partial charge is 0.312 e. The number of sulfonamides is 1. The number of allylic oxidation sites excluding steroid dienone is 4. The molecule has 0 unspecified atom stereocenters. The molecule has 1 aromatic carbocycles. The molecule has 0 bridgehead atoms. The monoisotopic (exact) mass is 400 g/mol. The van der Waals surface area contributed by atoms with Crippen LogP contribution in [-0.4, -0.2) is 31.9 Å². The summed E-state index contributed by atoms with van der Waals surface area (Å²) in [6.07, 6.45) is 3.65. The van der Waals surface area contributed by atoms with E-state index in [0.29, 0.717) is 0 Å². The number of halogens is 1. The summed E-state index contributed by atoms with van der Waals surface area (Å²) >= 11 is 2.99. The third-order valence-corrected chi connectivity index (χ3v) is 4.71. The summed E-state index contributed by atoms with van der Waals surface area (Å²) in [6.45, 7) is 0. The van der Waals surface area contributed by atoms with E-state index in [1.807, 2.05) is 0 Å². The van der Waals surface area contributed by atoms with Crippen LogP contribution in [0.1, 0.15) is 0 Å². The average molecular weight is 401 g/mol. The number of ketones is 1. The summed E-state index contributed by atoms with van der Waals surface area (Å²) in [5, 5.41) is 11.0. The lowest BCUT2D eigenvalue weighted by Crippen LogP contribution is -2.07. The van der Waals surface area contributed by atoms with E-state index in [4.69, 9.17) is 4.74 Å². The quantitative estimate of drug-likeness (QED) is 0.434. The molecule has 0 saturated heterocycles. The molecule has 0 N–H and O–H groups in total. The second kappa shape index (κ2) is 6.42. The highest BCUT2D eigenvalue weighted by atomic mass is 79.9. The van der Waals surface area contributed by atoms with Crippen molar-refractivity contribution < 1.29 is 22.9 Å². The highest BCUT2D eigenvalue weighted by molar-refractivity contribution is 9.12. The fourth-order valence-corrected chi connectivity index (χ4v) is 3.07. The van der Waals surface area contributed by atoms with Gasteiger partial charge in [0.25, 0.3) is 10.0 Å². The summed E-state index contributed by atoms with van der Waals surface area (Å²) in [5.74, 6) is -0.381. The Morgan fingerprint density at radius 3 is 2.57 bits per heavy atom. The van der Waals surface area contributed by atoms with Crippen LogP contribution in [0.2, 0.25) is 0 Å². The minimum Gasteiger partial charge on any atom is -0.490 e. The van der Waals surface area contributed by atoms with Crippen molar-refractivity contribution in [1.29, 1.82) is 0 Å². The first-order valence-corrected chi connectivity index (χ1v) is 8.25. The molecule has 8 nitrogen and oxygen atoms in total. The summed E-state index contributed by atoms with van der Waals surface area (Å²) in [4.78, 5) is 21.1. The first-order chi connectivity index (χ1) is 10.7. The van der Waals surface area contributed by atoms with E-state index < -0.39 is 20.6 Å². The SMILES string of the molecule is COc1ccc(S(=O)(=O)N=C2C=CC(=O)C(Br)=C2)cc1[N+](=O)[O-]. The number of carbonyl (C=O) groups excluding carboxylic acids is 1. The molecule has 120 valence electrons. The van der Waals surface area contributed by atoms with Gasteiger partial charge in [-0.15, -0.1) is 0 Å². The van der Waals surface area contributed by atoms with E-state index in [1.54, 1.807) is 0 Å². The molecular weight excluding hydrogens is 392 g/mol. The zero-order chi connectivity index (χ0) is 17.2. The highest BCUT2D eigenvalue weighted by Crippen LogP contribution is 2.30. The lowest BCUT2D eigenvalue weighted by atomic mass is 10.2. The van der Waals surface area contributed by atoms with Crippen molar-refractivity contribution in [3.63, 3.8) is 0 Å². The van der Waals surface area contributed by atoms with E-state index in [2.05, 4.69) is 20.3 Å². The highest BCUT2D eigenvalue weighted by Gasteiger charge is 2.22. The van der Waals surface area contributed by atoms with Crippen LogP contribution in [0.4, 0.5) is 5.69 Å². The van der Waals surface area contributed by atoms with Gasteiger partial charge in [0.05, 0.1) is 27.1 Å². The predicted octanol–water partition coefficient (Wildman–Crippen LogP) is 2.15. The number of hydrogen-bond acceptors (Lipinski definition) is 6. The largest absolute Gasteiger partial charge is 0.490 e. The van der Waals surface area contributed by atoms with Gasteiger partial charge in [0.2, 0.25) is 0 Å². The Morgan fingerprint density at radius 2 is 2.00 bits per heavy atom. The summed E-state index contributed by atoms with van der Waals surface area (Å²) in [7, 11) is -2.94. The van der Waals surface area contributed by atoms with Gasteiger partial charge in [-0.1, -0.05) is 0 Å². The molecule has 23 heavy (non-hydrogen) atoms. The maximum absolute atomic E-state index is 12.2. The van der Waals surface area contributed by atoms with Crippen LogP contribution < -0.4 is 4.74 Å². The second-order valence-electron chi connectivity index (χ2n) is 4.27. The third-order valence-electron chi connectivity index (χ3n) is 2.79. The van der Waals surface area contributed by atoms with Gasteiger partial charge >= 0.3 is 5.69 Å². The number of nitrogens with zero attached hydrogens (tertiary/aromatic N) is 2. The molecule has 0 radical (unpaired) electrons. The van der Waals surface area contributed by atoms with Crippen molar-refractivity contribution in [1.82, 2.24) is 0 Å². The van der Waals surface area contributed by atoms with Gasteiger partial charge < -0.3 is 4.74 Å². The van der Waals surface area contributed by atoms with E-state index in [1.165, 1.54) is 25.3 Å². The Hall–Kier alpha value is -2.33. The number of nitro benzene ring substituents is 1. The van der Waals surface area contributed by atoms with Crippen molar-refractivity contribution in [3.8, 4) is 5.75 Å². The second-order valence-corrected chi connectivity index (χ2v) is 6.73. The van der Waals surface area contributed by atoms with Crippen LogP contribution >= 0.6 is 15.9 Å². The zero-order valence-electron chi connectivity index (χ0n) is 11.6. The summed E-state index contributed by atoms with van der Waals surface area (Å²) in [6, 6.07) is 3.20.